The van der Waals surface area contributed by atoms with E-state index in [2.05, 4.69) is 5.73 Å². The molecule has 0 atom stereocenters. The standard InChI is InChI=1S/C16H12O6.CH4N2O2/c1-5-3-7(17)9-11(13(5)19)15(21)10-8(18)4-6(2)14(20)12(10)16(9)22;2-1(4)3-5/h3-4,17-20H,1-2H3;5H,(H3,2,3,4). The maximum absolute atomic E-state index is 12.6. The fourth-order valence-corrected chi connectivity index (χ4v) is 2.73. The number of hydrogen-bond acceptors (Lipinski definition) is 8. The van der Waals surface area contributed by atoms with Crippen LogP contribution in [0.1, 0.15) is 43.0 Å². The number of hydrogen-bond donors (Lipinski definition) is 7. The van der Waals surface area contributed by atoms with Crippen LogP contribution >= 0.6 is 0 Å². The normalized spacial score (nSPS) is 11.8. The molecule has 2 amide bonds. The van der Waals surface area contributed by atoms with Gasteiger partial charge in [-0.05, 0) is 37.1 Å². The minimum Gasteiger partial charge on any atom is -0.507 e. The number of nitrogens with two attached hydrogens (primary N) is 1. The fraction of sp³-hybridized carbons (Fsp3) is 0.118. The van der Waals surface area contributed by atoms with Crippen molar-refractivity contribution in [1.82, 2.24) is 5.48 Å². The number of hydroxylamine groups is 1. The average molecular weight is 376 g/mol. The molecule has 0 unspecified atom stereocenters. The van der Waals surface area contributed by atoms with Crippen LogP contribution in [0.2, 0.25) is 0 Å². The van der Waals surface area contributed by atoms with E-state index in [1.165, 1.54) is 19.3 Å². The van der Waals surface area contributed by atoms with Crippen LogP contribution in [0.25, 0.3) is 0 Å². The molecule has 8 N–H and O–H groups in total. The quantitative estimate of drug-likeness (QED) is 0.171. The number of nitrogens with one attached hydrogen (secondary N) is 1. The number of rotatable bonds is 0. The zero-order chi connectivity index (χ0) is 20.6. The molecule has 10 nitrogen and oxygen atoms in total. The number of aromatic hydroxyl groups is 4. The van der Waals surface area contributed by atoms with E-state index in [1.807, 2.05) is 0 Å². The minimum absolute atomic E-state index is 0.219. The molecule has 0 spiro atoms. The van der Waals surface area contributed by atoms with E-state index in [9.17, 15) is 34.8 Å². The van der Waals surface area contributed by atoms with Crippen molar-refractivity contribution < 1.29 is 40.0 Å². The summed E-state index contributed by atoms with van der Waals surface area (Å²) >= 11 is 0. The first-order chi connectivity index (χ1) is 12.5. The van der Waals surface area contributed by atoms with Crippen LogP contribution in [-0.4, -0.2) is 43.2 Å². The van der Waals surface area contributed by atoms with E-state index >= 15 is 0 Å². The third-order valence-corrected chi connectivity index (χ3v) is 3.96. The van der Waals surface area contributed by atoms with Crippen molar-refractivity contribution in [1.29, 1.82) is 0 Å². The lowest BCUT2D eigenvalue weighted by molar-refractivity contribution is 0.0969. The van der Waals surface area contributed by atoms with Crippen molar-refractivity contribution in [2.75, 3.05) is 0 Å². The molecule has 0 saturated heterocycles. The van der Waals surface area contributed by atoms with E-state index in [4.69, 9.17) is 5.21 Å². The molecule has 1 aliphatic rings. The first-order valence-electron chi connectivity index (χ1n) is 7.42. The van der Waals surface area contributed by atoms with Gasteiger partial charge >= 0.3 is 6.03 Å². The molecular weight excluding hydrogens is 360 g/mol. The number of primary amides is 1. The van der Waals surface area contributed by atoms with Crippen molar-refractivity contribution in [3.8, 4) is 23.0 Å². The Balaban J connectivity index is 0.000000465. The molecule has 0 aliphatic heterocycles. The number of amides is 2. The van der Waals surface area contributed by atoms with Gasteiger partial charge < -0.3 is 26.2 Å². The Hall–Kier alpha value is -3.79. The summed E-state index contributed by atoms with van der Waals surface area (Å²) in [5.74, 6) is -3.44. The summed E-state index contributed by atoms with van der Waals surface area (Å²) in [7, 11) is 0. The SMILES string of the molecule is Cc1cc(O)c2c(c1O)C(=O)c1c(O)cc(C)c(O)c1C2=O.NC(=O)NO. The summed E-state index contributed by atoms with van der Waals surface area (Å²) in [6, 6.07) is 1.39. The van der Waals surface area contributed by atoms with Gasteiger partial charge in [-0.15, -0.1) is 0 Å². The number of urea groups is 1. The number of fused-ring (bicyclic) bond motifs is 2. The number of aryl methyl sites for hydroxylation is 2. The highest BCUT2D eigenvalue weighted by Gasteiger charge is 2.39. The highest BCUT2D eigenvalue weighted by Crippen LogP contribution is 2.45. The molecule has 0 heterocycles. The topological polar surface area (TPSA) is 190 Å². The van der Waals surface area contributed by atoms with Crippen LogP contribution < -0.4 is 11.2 Å². The lowest BCUT2D eigenvalue weighted by Crippen LogP contribution is -2.25. The molecule has 2 aromatic carbocycles. The number of phenolic OH excluding ortho intramolecular Hbond substituents is 4. The summed E-state index contributed by atoms with van der Waals surface area (Å²) in [5, 5.41) is 47.5. The van der Waals surface area contributed by atoms with Gasteiger partial charge in [0.15, 0.2) is 0 Å². The molecule has 2 aromatic rings. The molecule has 27 heavy (non-hydrogen) atoms. The monoisotopic (exact) mass is 376 g/mol. The van der Waals surface area contributed by atoms with Crippen LogP contribution in [0.5, 0.6) is 23.0 Å². The highest BCUT2D eigenvalue weighted by atomic mass is 16.5. The second-order valence-electron chi connectivity index (χ2n) is 5.76. The third kappa shape index (κ3) is 3.09. The van der Waals surface area contributed by atoms with E-state index < -0.39 is 40.6 Å². The summed E-state index contributed by atoms with van der Waals surface area (Å²) in [4.78, 5) is 34.4. The van der Waals surface area contributed by atoms with E-state index in [0.29, 0.717) is 0 Å². The van der Waals surface area contributed by atoms with Crippen LogP contribution in [0.15, 0.2) is 12.1 Å². The lowest BCUT2D eigenvalue weighted by Gasteiger charge is -2.22. The highest BCUT2D eigenvalue weighted by molar-refractivity contribution is 6.32. The Morgan fingerprint density at radius 3 is 1.37 bits per heavy atom. The van der Waals surface area contributed by atoms with Crippen molar-refractivity contribution >= 4 is 17.6 Å². The van der Waals surface area contributed by atoms with Gasteiger partial charge in [-0.3, -0.25) is 14.8 Å². The molecule has 0 aromatic heterocycles. The van der Waals surface area contributed by atoms with Gasteiger partial charge in [-0.1, -0.05) is 0 Å². The van der Waals surface area contributed by atoms with Gasteiger partial charge in [0.25, 0.3) is 0 Å². The maximum Gasteiger partial charge on any atom is 0.335 e. The zero-order valence-electron chi connectivity index (χ0n) is 14.2. The Bertz CT molecular complexity index is 924. The van der Waals surface area contributed by atoms with E-state index in [0.717, 1.165) is 12.1 Å². The summed E-state index contributed by atoms with van der Waals surface area (Å²) < 4.78 is 0. The van der Waals surface area contributed by atoms with Gasteiger partial charge in [0.2, 0.25) is 11.6 Å². The van der Waals surface area contributed by atoms with E-state index in [-0.39, 0.29) is 33.4 Å². The molecule has 0 fully saturated rings. The number of benzene rings is 2. The van der Waals surface area contributed by atoms with Gasteiger partial charge in [-0.25, -0.2) is 10.3 Å². The third-order valence-electron chi connectivity index (χ3n) is 3.96. The Morgan fingerprint density at radius 2 is 1.11 bits per heavy atom. The first kappa shape index (κ1) is 19.5. The number of phenols is 4. The summed E-state index contributed by atoms with van der Waals surface area (Å²) in [5.41, 5.74) is 4.41. The largest absolute Gasteiger partial charge is 0.507 e. The van der Waals surface area contributed by atoms with Crippen LogP contribution in [-0.2, 0) is 0 Å². The fourth-order valence-electron chi connectivity index (χ4n) is 2.73. The van der Waals surface area contributed by atoms with Crippen LogP contribution in [0.3, 0.4) is 0 Å². The lowest BCUT2D eigenvalue weighted by atomic mass is 9.80. The first-order valence-corrected chi connectivity index (χ1v) is 7.42. The summed E-state index contributed by atoms with van der Waals surface area (Å²) in [6.45, 7) is 2.93. The predicted molar refractivity (Wildman–Crippen MR) is 90.4 cm³/mol. The van der Waals surface area contributed by atoms with Crippen LogP contribution in [0.4, 0.5) is 4.79 Å². The number of carbonyl (C=O) groups is 3. The Morgan fingerprint density at radius 1 is 0.815 bits per heavy atom. The number of ketones is 2. The second-order valence-corrected chi connectivity index (χ2v) is 5.76. The molecular formula is C17H16N2O8. The van der Waals surface area contributed by atoms with Crippen molar-refractivity contribution in [2.24, 2.45) is 5.73 Å². The molecule has 0 saturated carbocycles. The molecule has 1 aliphatic carbocycles. The molecule has 0 radical (unpaired) electrons. The zero-order valence-corrected chi connectivity index (χ0v) is 14.2. The average Bonchev–Trinajstić information content (AvgIpc) is 2.59. The molecule has 142 valence electrons. The molecule has 10 heteroatoms. The maximum atomic E-state index is 12.6. The van der Waals surface area contributed by atoms with Gasteiger partial charge in [0, 0.05) is 0 Å². The smallest absolute Gasteiger partial charge is 0.335 e. The van der Waals surface area contributed by atoms with E-state index in [1.54, 1.807) is 0 Å². The van der Waals surface area contributed by atoms with Crippen LogP contribution in [0, 0.1) is 13.8 Å². The van der Waals surface area contributed by atoms with Crippen molar-refractivity contribution in [3.05, 3.63) is 45.5 Å². The molecule has 0 bridgehead atoms. The van der Waals surface area contributed by atoms with Gasteiger partial charge in [-0.2, -0.15) is 0 Å². The van der Waals surface area contributed by atoms with Crippen molar-refractivity contribution in [3.63, 3.8) is 0 Å². The molecule has 3 rings (SSSR count). The minimum atomic E-state index is -0.940. The van der Waals surface area contributed by atoms with Crippen molar-refractivity contribution in [2.45, 2.75) is 13.8 Å². The Labute approximate surface area is 152 Å². The predicted octanol–water partition coefficient (Wildman–Crippen LogP) is 0.945. The summed E-state index contributed by atoms with van der Waals surface area (Å²) in [6.07, 6.45) is 0. The second kappa shape index (κ2) is 6.84. The van der Waals surface area contributed by atoms with Gasteiger partial charge in [0.05, 0.1) is 22.3 Å². The van der Waals surface area contributed by atoms with Gasteiger partial charge in [0.1, 0.15) is 23.0 Å². The Kier molecular flexibility index (Phi) is 4.95. The number of carbonyl (C=O) groups excluding carboxylic acids is 3.